The number of aromatic nitrogens is 1. The Bertz CT molecular complexity index is 525. The summed E-state index contributed by atoms with van der Waals surface area (Å²) >= 11 is 0. The van der Waals surface area contributed by atoms with Crippen molar-refractivity contribution in [1.82, 2.24) is 4.98 Å². The largest absolute Gasteiger partial charge is 0.309 e. The minimum absolute atomic E-state index is 0.141. The molecule has 2 rings (SSSR count). The van der Waals surface area contributed by atoms with Crippen LogP contribution in [0.2, 0.25) is 0 Å². The van der Waals surface area contributed by atoms with Crippen LogP contribution >= 0.6 is 0 Å². The highest BCUT2D eigenvalue weighted by Crippen LogP contribution is 2.17. The van der Waals surface area contributed by atoms with E-state index in [1.54, 1.807) is 35.4 Å². The summed E-state index contributed by atoms with van der Waals surface area (Å²) in [5.74, 6) is -0.458. The molecule has 0 aliphatic carbocycles. The van der Waals surface area contributed by atoms with Gasteiger partial charge in [-0.25, -0.2) is 4.39 Å². The third kappa shape index (κ3) is 2.53. The lowest BCUT2D eigenvalue weighted by Crippen LogP contribution is -2.30. The number of pyridine rings is 1. The van der Waals surface area contributed by atoms with Gasteiger partial charge in [0, 0.05) is 24.6 Å². The van der Waals surface area contributed by atoms with Gasteiger partial charge in [-0.3, -0.25) is 9.78 Å². The zero-order valence-electron chi connectivity index (χ0n) is 10.0. The second-order valence-electron chi connectivity index (χ2n) is 3.77. The molecule has 92 valence electrons. The van der Waals surface area contributed by atoms with Crippen molar-refractivity contribution in [2.75, 3.05) is 11.4 Å². The fourth-order valence-corrected chi connectivity index (χ4v) is 1.71. The van der Waals surface area contributed by atoms with Crippen LogP contribution in [-0.2, 0) is 0 Å². The van der Waals surface area contributed by atoms with Gasteiger partial charge in [0.05, 0.1) is 5.56 Å². The molecule has 0 fully saturated rings. The molecule has 0 spiro atoms. The Balaban J connectivity index is 2.29. The first-order chi connectivity index (χ1) is 8.72. The summed E-state index contributed by atoms with van der Waals surface area (Å²) in [7, 11) is 0. The quantitative estimate of drug-likeness (QED) is 0.831. The Morgan fingerprint density at radius 2 is 2.00 bits per heavy atom. The van der Waals surface area contributed by atoms with Crippen LogP contribution < -0.4 is 4.90 Å². The molecule has 18 heavy (non-hydrogen) atoms. The number of hydrogen-bond acceptors (Lipinski definition) is 2. The Labute approximate surface area is 105 Å². The van der Waals surface area contributed by atoms with Crippen molar-refractivity contribution >= 4 is 11.6 Å². The van der Waals surface area contributed by atoms with Gasteiger partial charge >= 0.3 is 0 Å². The number of amides is 1. The molecule has 4 heteroatoms. The first kappa shape index (κ1) is 12.2. The van der Waals surface area contributed by atoms with Crippen LogP contribution in [0.4, 0.5) is 10.1 Å². The van der Waals surface area contributed by atoms with E-state index in [4.69, 9.17) is 0 Å². The molecule has 0 radical (unpaired) electrons. The maximum Gasteiger partial charge on any atom is 0.259 e. The molecule has 1 aromatic heterocycles. The van der Waals surface area contributed by atoms with Crippen LogP contribution in [0.15, 0.2) is 48.8 Å². The summed E-state index contributed by atoms with van der Waals surface area (Å²) in [4.78, 5) is 17.8. The standard InChI is InChI=1S/C14H13FN2O/c1-2-17(13-7-5-12(15)6-8-13)14(18)11-4-3-9-16-10-11/h3-10H,2H2,1H3. The summed E-state index contributed by atoms with van der Waals surface area (Å²) in [6.07, 6.45) is 3.14. The highest BCUT2D eigenvalue weighted by Gasteiger charge is 2.15. The topological polar surface area (TPSA) is 33.2 Å². The molecule has 0 unspecified atom stereocenters. The molecule has 0 atom stereocenters. The molecule has 0 bridgehead atoms. The molecule has 0 N–H and O–H groups in total. The van der Waals surface area contributed by atoms with E-state index in [1.807, 2.05) is 6.92 Å². The lowest BCUT2D eigenvalue weighted by molar-refractivity contribution is 0.0988. The number of benzene rings is 1. The maximum absolute atomic E-state index is 12.9. The Hall–Kier alpha value is -2.23. The van der Waals surface area contributed by atoms with Crippen LogP contribution in [0.3, 0.4) is 0 Å². The third-order valence-electron chi connectivity index (χ3n) is 2.61. The second kappa shape index (κ2) is 5.40. The van der Waals surface area contributed by atoms with Crippen molar-refractivity contribution in [3.63, 3.8) is 0 Å². The summed E-state index contributed by atoms with van der Waals surface area (Å²) in [6.45, 7) is 2.39. The minimum atomic E-state index is -0.316. The molecule has 2 aromatic rings. The van der Waals surface area contributed by atoms with Gasteiger partial charge in [-0.1, -0.05) is 0 Å². The van der Waals surface area contributed by atoms with Crippen molar-refractivity contribution in [2.24, 2.45) is 0 Å². The average Bonchev–Trinajstić information content (AvgIpc) is 2.42. The number of carbonyl (C=O) groups is 1. The van der Waals surface area contributed by atoms with Gasteiger partial charge in [0.15, 0.2) is 0 Å². The number of rotatable bonds is 3. The van der Waals surface area contributed by atoms with Crippen molar-refractivity contribution in [3.05, 3.63) is 60.2 Å². The van der Waals surface area contributed by atoms with E-state index in [-0.39, 0.29) is 11.7 Å². The van der Waals surface area contributed by atoms with Crippen LogP contribution in [0, 0.1) is 5.82 Å². The van der Waals surface area contributed by atoms with Gasteiger partial charge in [-0.15, -0.1) is 0 Å². The SMILES string of the molecule is CCN(C(=O)c1cccnc1)c1ccc(F)cc1. The molecule has 3 nitrogen and oxygen atoms in total. The van der Waals surface area contributed by atoms with Crippen LogP contribution in [-0.4, -0.2) is 17.4 Å². The molecule has 1 aromatic carbocycles. The predicted molar refractivity (Wildman–Crippen MR) is 68.0 cm³/mol. The summed E-state index contributed by atoms with van der Waals surface area (Å²) in [5.41, 5.74) is 1.19. The van der Waals surface area contributed by atoms with Gasteiger partial charge in [-0.05, 0) is 43.3 Å². The minimum Gasteiger partial charge on any atom is -0.309 e. The van der Waals surface area contributed by atoms with Crippen molar-refractivity contribution in [1.29, 1.82) is 0 Å². The first-order valence-corrected chi connectivity index (χ1v) is 5.70. The lowest BCUT2D eigenvalue weighted by Gasteiger charge is -2.20. The van der Waals surface area contributed by atoms with Gasteiger partial charge < -0.3 is 4.90 Å². The van der Waals surface area contributed by atoms with E-state index in [0.717, 1.165) is 0 Å². The summed E-state index contributed by atoms with van der Waals surface area (Å²) in [5, 5.41) is 0. The Kier molecular flexibility index (Phi) is 3.67. The molecule has 1 heterocycles. The third-order valence-corrected chi connectivity index (χ3v) is 2.61. The van der Waals surface area contributed by atoms with Crippen LogP contribution in [0.25, 0.3) is 0 Å². The maximum atomic E-state index is 12.9. The van der Waals surface area contributed by atoms with E-state index in [1.165, 1.54) is 18.3 Å². The number of anilines is 1. The molecule has 0 saturated heterocycles. The van der Waals surface area contributed by atoms with Gasteiger partial charge in [-0.2, -0.15) is 0 Å². The fraction of sp³-hybridized carbons (Fsp3) is 0.143. The van der Waals surface area contributed by atoms with Crippen molar-refractivity contribution in [3.8, 4) is 0 Å². The van der Waals surface area contributed by atoms with Crippen LogP contribution in [0.5, 0.6) is 0 Å². The lowest BCUT2D eigenvalue weighted by atomic mass is 10.2. The molecular formula is C14H13FN2O. The normalized spacial score (nSPS) is 10.1. The zero-order valence-corrected chi connectivity index (χ0v) is 10.0. The zero-order chi connectivity index (χ0) is 13.0. The molecule has 0 aliphatic heterocycles. The van der Waals surface area contributed by atoms with Gasteiger partial charge in [0.1, 0.15) is 5.82 Å². The van der Waals surface area contributed by atoms with Crippen LogP contribution in [0.1, 0.15) is 17.3 Å². The van der Waals surface area contributed by atoms with E-state index in [9.17, 15) is 9.18 Å². The second-order valence-corrected chi connectivity index (χ2v) is 3.77. The molecular weight excluding hydrogens is 231 g/mol. The number of hydrogen-bond donors (Lipinski definition) is 0. The highest BCUT2D eigenvalue weighted by molar-refractivity contribution is 6.05. The Morgan fingerprint density at radius 3 is 2.56 bits per heavy atom. The highest BCUT2D eigenvalue weighted by atomic mass is 19.1. The van der Waals surface area contributed by atoms with E-state index in [0.29, 0.717) is 17.8 Å². The van der Waals surface area contributed by atoms with Gasteiger partial charge in [0.25, 0.3) is 5.91 Å². The van der Waals surface area contributed by atoms with E-state index < -0.39 is 0 Å². The number of carbonyl (C=O) groups excluding carboxylic acids is 1. The van der Waals surface area contributed by atoms with Crippen molar-refractivity contribution in [2.45, 2.75) is 6.92 Å². The number of halogens is 1. The monoisotopic (exact) mass is 244 g/mol. The molecule has 0 aliphatic rings. The fourth-order valence-electron chi connectivity index (χ4n) is 1.71. The van der Waals surface area contributed by atoms with E-state index >= 15 is 0 Å². The van der Waals surface area contributed by atoms with E-state index in [2.05, 4.69) is 4.98 Å². The van der Waals surface area contributed by atoms with Crippen molar-refractivity contribution < 1.29 is 9.18 Å². The summed E-state index contributed by atoms with van der Waals surface area (Å²) < 4.78 is 12.9. The predicted octanol–water partition coefficient (Wildman–Crippen LogP) is 2.89. The molecule has 1 amide bonds. The summed E-state index contributed by atoms with van der Waals surface area (Å²) in [6, 6.07) is 9.29. The smallest absolute Gasteiger partial charge is 0.259 e. The van der Waals surface area contributed by atoms with Gasteiger partial charge in [0.2, 0.25) is 0 Å². The Morgan fingerprint density at radius 1 is 1.28 bits per heavy atom. The first-order valence-electron chi connectivity index (χ1n) is 5.70. The average molecular weight is 244 g/mol. The number of nitrogens with zero attached hydrogens (tertiary/aromatic N) is 2. The molecule has 0 saturated carbocycles.